The number of aliphatic hydroxyl groups is 2. The summed E-state index contributed by atoms with van der Waals surface area (Å²) >= 11 is 2.05. The Labute approximate surface area is 197 Å². The Hall–Kier alpha value is -1.33. The summed E-state index contributed by atoms with van der Waals surface area (Å²) in [6.07, 6.45) is -6.59. The van der Waals surface area contributed by atoms with Gasteiger partial charge in [0.2, 0.25) is 0 Å². The van der Waals surface area contributed by atoms with Crippen LogP contribution in [0.15, 0.2) is 24.3 Å². The summed E-state index contributed by atoms with van der Waals surface area (Å²) in [5.41, 5.74) is 1.28. The standard InChI is InChI=1S/C23H25F5INO2/c1-11(2)19-17(18(29)16-14(30-19)9-21(3,4)10-15(16)31)20(32)12-5-7-13(8-6-12)22(24,25)23(26,27)28/h5-8,11,15,20,31-32H,9-10H2,1-4H3/t15-,20+/m0/s1. The minimum absolute atomic E-state index is 0.0884. The molecule has 2 N–H and O–H groups in total. The number of alkyl halides is 5. The van der Waals surface area contributed by atoms with Crippen LogP contribution < -0.4 is 0 Å². The van der Waals surface area contributed by atoms with Crippen LogP contribution in [0.25, 0.3) is 0 Å². The van der Waals surface area contributed by atoms with Crippen molar-refractivity contribution in [2.45, 2.75) is 70.8 Å². The zero-order valence-electron chi connectivity index (χ0n) is 18.1. The third kappa shape index (κ3) is 4.52. The second-order valence-electron chi connectivity index (χ2n) is 9.40. The largest absolute Gasteiger partial charge is 0.458 e. The molecule has 2 aromatic rings. The summed E-state index contributed by atoms with van der Waals surface area (Å²) in [6, 6.07) is 3.49. The van der Waals surface area contributed by atoms with Gasteiger partial charge < -0.3 is 10.2 Å². The molecule has 0 bridgehead atoms. The molecule has 0 amide bonds. The van der Waals surface area contributed by atoms with Crippen molar-refractivity contribution in [3.05, 3.63) is 61.5 Å². The van der Waals surface area contributed by atoms with Gasteiger partial charge in [0, 0.05) is 26.0 Å². The van der Waals surface area contributed by atoms with Crippen LogP contribution in [0.5, 0.6) is 0 Å². The fraction of sp³-hybridized carbons (Fsp3) is 0.522. The van der Waals surface area contributed by atoms with Gasteiger partial charge in [0.1, 0.15) is 6.10 Å². The second kappa shape index (κ2) is 8.47. The van der Waals surface area contributed by atoms with Crippen molar-refractivity contribution in [3.8, 4) is 0 Å². The van der Waals surface area contributed by atoms with Crippen LogP contribution in [0, 0.1) is 8.99 Å². The van der Waals surface area contributed by atoms with E-state index < -0.39 is 29.9 Å². The zero-order chi connectivity index (χ0) is 24.2. The Morgan fingerprint density at radius 1 is 1.09 bits per heavy atom. The van der Waals surface area contributed by atoms with Gasteiger partial charge in [-0.15, -0.1) is 0 Å². The molecule has 176 valence electrons. The van der Waals surface area contributed by atoms with Crippen molar-refractivity contribution in [2.75, 3.05) is 0 Å². The van der Waals surface area contributed by atoms with Gasteiger partial charge in [-0.05, 0) is 52.3 Å². The predicted molar refractivity (Wildman–Crippen MR) is 119 cm³/mol. The van der Waals surface area contributed by atoms with E-state index in [0.29, 0.717) is 45.4 Å². The minimum Gasteiger partial charge on any atom is -0.388 e. The monoisotopic (exact) mass is 569 g/mol. The number of pyridine rings is 1. The van der Waals surface area contributed by atoms with E-state index in [0.717, 1.165) is 17.8 Å². The van der Waals surface area contributed by atoms with Crippen molar-refractivity contribution >= 4 is 22.6 Å². The molecular weight excluding hydrogens is 544 g/mol. The number of rotatable bonds is 4. The maximum absolute atomic E-state index is 13.6. The molecule has 0 unspecified atom stereocenters. The van der Waals surface area contributed by atoms with E-state index in [-0.39, 0.29) is 16.9 Å². The molecule has 3 nitrogen and oxygen atoms in total. The first-order chi connectivity index (χ1) is 14.6. The van der Waals surface area contributed by atoms with Gasteiger partial charge >= 0.3 is 12.1 Å². The van der Waals surface area contributed by atoms with E-state index in [4.69, 9.17) is 4.98 Å². The van der Waals surface area contributed by atoms with Crippen LogP contribution in [0.3, 0.4) is 0 Å². The first kappa shape index (κ1) is 25.3. The van der Waals surface area contributed by atoms with Crippen LogP contribution >= 0.6 is 22.6 Å². The number of fused-ring (bicyclic) bond motifs is 1. The minimum atomic E-state index is -5.71. The normalized spacial score (nSPS) is 19.7. The van der Waals surface area contributed by atoms with Crippen LogP contribution in [0.4, 0.5) is 22.0 Å². The number of benzene rings is 1. The summed E-state index contributed by atoms with van der Waals surface area (Å²) in [4.78, 5) is 4.76. The highest BCUT2D eigenvalue weighted by Crippen LogP contribution is 2.46. The molecule has 3 rings (SSSR count). The molecule has 0 saturated heterocycles. The molecule has 0 fully saturated rings. The molecule has 1 aromatic carbocycles. The SMILES string of the molecule is CC(C)c1nc2c(c(I)c1[C@H](O)c1ccc(C(F)(F)C(F)(F)F)cc1)[C@@H](O)CC(C)(C)C2. The zero-order valence-corrected chi connectivity index (χ0v) is 20.2. The van der Waals surface area contributed by atoms with Gasteiger partial charge in [0.15, 0.2) is 0 Å². The number of nitrogens with zero attached hydrogens (tertiary/aromatic N) is 1. The Morgan fingerprint density at radius 2 is 1.66 bits per heavy atom. The average molecular weight is 569 g/mol. The molecular formula is C23H25F5INO2. The fourth-order valence-corrected chi connectivity index (χ4v) is 5.42. The summed E-state index contributed by atoms with van der Waals surface area (Å²) in [5.74, 6) is -5.08. The van der Waals surface area contributed by atoms with Crippen molar-refractivity contribution in [3.63, 3.8) is 0 Å². The van der Waals surface area contributed by atoms with Crippen molar-refractivity contribution < 1.29 is 32.2 Å². The number of aliphatic hydroxyl groups excluding tert-OH is 2. The van der Waals surface area contributed by atoms with E-state index in [9.17, 15) is 32.2 Å². The Kier molecular flexibility index (Phi) is 6.69. The molecule has 1 heterocycles. The van der Waals surface area contributed by atoms with Crippen molar-refractivity contribution in [1.29, 1.82) is 0 Å². The van der Waals surface area contributed by atoms with Gasteiger partial charge in [-0.2, -0.15) is 22.0 Å². The second-order valence-corrected chi connectivity index (χ2v) is 10.5. The quantitative estimate of drug-likeness (QED) is 0.325. The van der Waals surface area contributed by atoms with E-state index in [1.807, 2.05) is 27.7 Å². The molecule has 1 aromatic heterocycles. The lowest BCUT2D eigenvalue weighted by Crippen LogP contribution is -2.33. The van der Waals surface area contributed by atoms with E-state index in [2.05, 4.69) is 22.6 Å². The lowest BCUT2D eigenvalue weighted by atomic mass is 9.74. The van der Waals surface area contributed by atoms with E-state index >= 15 is 0 Å². The molecule has 32 heavy (non-hydrogen) atoms. The number of aromatic nitrogens is 1. The van der Waals surface area contributed by atoms with Crippen LogP contribution in [-0.2, 0) is 12.3 Å². The highest BCUT2D eigenvalue weighted by molar-refractivity contribution is 14.1. The Morgan fingerprint density at radius 3 is 2.16 bits per heavy atom. The van der Waals surface area contributed by atoms with E-state index in [1.54, 1.807) is 0 Å². The summed E-state index contributed by atoms with van der Waals surface area (Å²) in [5, 5.41) is 21.9. The molecule has 0 saturated carbocycles. The Balaban J connectivity index is 2.09. The number of hydrogen-bond donors (Lipinski definition) is 2. The van der Waals surface area contributed by atoms with Gasteiger partial charge in [-0.3, -0.25) is 4.98 Å². The lowest BCUT2D eigenvalue weighted by molar-refractivity contribution is -0.289. The molecule has 9 heteroatoms. The van der Waals surface area contributed by atoms with Gasteiger partial charge in [0.25, 0.3) is 0 Å². The number of halogens is 6. The molecule has 0 aliphatic heterocycles. The molecule has 1 aliphatic carbocycles. The third-order valence-electron chi connectivity index (χ3n) is 5.81. The van der Waals surface area contributed by atoms with Crippen LogP contribution in [0.1, 0.15) is 85.9 Å². The highest BCUT2D eigenvalue weighted by atomic mass is 127. The summed E-state index contributed by atoms with van der Waals surface area (Å²) in [6.45, 7) is 7.89. The molecule has 0 radical (unpaired) electrons. The summed E-state index contributed by atoms with van der Waals surface area (Å²) < 4.78 is 65.8. The van der Waals surface area contributed by atoms with Crippen LogP contribution in [-0.4, -0.2) is 21.4 Å². The average Bonchev–Trinajstić information content (AvgIpc) is 2.64. The molecule has 2 atom stereocenters. The molecule has 0 spiro atoms. The predicted octanol–water partition coefficient (Wildman–Crippen LogP) is 6.55. The first-order valence-corrected chi connectivity index (χ1v) is 11.3. The van der Waals surface area contributed by atoms with Crippen LogP contribution in [0.2, 0.25) is 0 Å². The molecule has 1 aliphatic rings. The lowest BCUT2D eigenvalue weighted by Gasteiger charge is -2.36. The maximum atomic E-state index is 13.6. The fourth-order valence-electron chi connectivity index (χ4n) is 4.18. The van der Waals surface area contributed by atoms with Crippen molar-refractivity contribution in [2.24, 2.45) is 5.41 Å². The topological polar surface area (TPSA) is 53.4 Å². The maximum Gasteiger partial charge on any atom is 0.458 e. The number of hydrogen-bond acceptors (Lipinski definition) is 3. The summed E-state index contributed by atoms with van der Waals surface area (Å²) in [7, 11) is 0. The highest BCUT2D eigenvalue weighted by Gasteiger charge is 2.58. The van der Waals surface area contributed by atoms with Crippen molar-refractivity contribution in [1.82, 2.24) is 4.98 Å². The Bertz CT molecular complexity index is 1000. The van der Waals surface area contributed by atoms with Gasteiger partial charge in [-0.1, -0.05) is 52.0 Å². The smallest absolute Gasteiger partial charge is 0.388 e. The van der Waals surface area contributed by atoms with Gasteiger partial charge in [0.05, 0.1) is 11.8 Å². The van der Waals surface area contributed by atoms with E-state index in [1.165, 1.54) is 0 Å². The van der Waals surface area contributed by atoms with Gasteiger partial charge in [-0.25, -0.2) is 0 Å². The first-order valence-electron chi connectivity index (χ1n) is 10.2. The third-order valence-corrected chi connectivity index (χ3v) is 6.97.